The molecule has 0 saturated carbocycles. The van der Waals surface area contributed by atoms with E-state index in [2.05, 4.69) is 15.0 Å². The van der Waals surface area contributed by atoms with Gasteiger partial charge in [-0.2, -0.15) is 0 Å². The van der Waals surface area contributed by atoms with Gasteiger partial charge < -0.3 is 14.8 Å². The Labute approximate surface area is 150 Å². The molecule has 0 spiro atoms. The van der Waals surface area contributed by atoms with Gasteiger partial charge in [-0.25, -0.2) is 9.59 Å². The summed E-state index contributed by atoms with van der Waals surface area (Å²) in [6.45, 7) is 0.0706. The van der Waals surface area contributed by atoms with Crippen LogP contribution in [0.4, 0.5) is 0 Å². The van der Waals surface area contributed by atoms with Crippen molar-refractivity contribution in [2.24, 2.45) is 0 Å². The molecule has 0 saturated heterocycles. The largest absolute Gasteiger partial charge is 0.465 e. The summed E-state index contributed by atoms with van der Waals surface area (Å²) < 4.78 is 9.75. The van der Waals surface area contributed by atoms with E-state index in [1.54, 1.807) is 30.3 Å². The predicted molar refractivity (Wildman–Crippen MR) is 94.2 cm³/mol. The van der Waals surface area contributed by atoms with Gasteiger partial charge in [0.25, 0.3) is 5.91 Å². The van der Waals surface area contributed by atoms with E-state index < -0.39 is 11.9 Å². The summed E-state index contributed by atoms with van der Waals surface area (Å²) in [6.07, 6.45) is 5.74. The van der Waals surface area contributed by atoms with Gasteiger partial charge in [-0.1, -0.05) is 12.1 Å². The molecule has 7 heteroatoms. The molecule has 0 aliphatic rings. The van der Waals surface area contributed by atoms with Crippen molar-refractivity contribution in [2.45, 2.75) is 6.61 Å². The minimum absolute atomic E-state index is 0.0706. The molecular formula is C19H18N2O5. The number of amides is 1. The van der Waals surface area contributed by atoms with E-state index in [0.29, 0.717) is 16.7 Å². The van der Waals surface area contributed by atoms with E-state index in [1.807, 2.05) is 0 Å². The molecule has 0 bridgehead atoms. The fourth-order valence-corrected chi connectivity index (χ4v) is 2.04. The molecular weight excluding hydrogens is 336 g/mol. The van der Waals surface area contributed by atoms with Crippen LogP contribution in [0.2, 0.25) is 0 Å². The van der Waals surface area contributed by atoms with E-state index in [0.717, 1.165) is 5.56 Å². The first-order chi connectivity index (χ1) is 12.5. The molecule has 1 amide bonds. The zero-order chi connectivity index (χ0) is 18.9. The molecule has 1 aromatic carbocycles. The van der Waals surface area contributed by atoms with Gasteiger partial charge in [0.05, 0.1) is 18.2 Å². The summed E-state index contributed by atoms with van der Waals surface area (Å²) >= 11 is 0. The van der Waals surface area contributed by atoms with E-state index in [-0.39, 0.29) is 12.5 Å². The highest BCUT2D eigenvalue weighted by Crippen LogP contribution is 2.08. The summed E-state index contributed by atoms with van der Waals surface area (Å²) in [5.74, 6) is -1.22. The van der Waals surface area contributed by atoms with Crippen LogP contribution in [0.3, 0.4) is 0 Å². The van der Waals surface area contributed by atoms with Crippen LogP contribution in [0.5, 0.6) is 0 Å². The number of nitrogens with one attached hydrogen (secondary N) is 1. The number of benzene rings is 1. The smallest absolute Gasteiger partial charge is 0.337 e. The Morgan fingerprint density at radius 2 is 1.85 bits per heavy atom. The van der Waals surface area contributed by atoms with Crippen molar-refractivity contribution in [3.63, 3.8) is 0 Å². The van der Waals surface area contributed by atoms with Crippen molar-refractivity contribution in [2.75, 3.05) is 14.2 Å². The van der Waals surface area contributed by atoms with Gasteiger partial charge in [-0.3, -0.25) is 9.78 Å². The average molecular weight is 354 g/mol. The molecule has 0 fully saturated rings. The third-order valence-electron chi connectivity index (χ3n) is 3.42. The lowest BCUT2D eigenvalue weighted by molar-refractivity contribution is -0.138. The van der Waals surface area contributed by atoms with Gasteiger partial charge in [0.15, 0.2) is 0 Å². The zero-order valence-corrected chi connectivity index (χ0v) is 14.4. The van der Waals surface area contributed by atoms with Crippen LogP contribution < -0.4 is 5.32 Å². The number of rotatable bonds is 6. The molecule has 134 valence electrons. The van der Waals surface area contributed by atoms with Gasteiger partial charge in [0.2, 0.25) is 0 Å². The molecule has 0 atom stereocenters. The van der Waals surface area contributed by atoms with Crippen molar-refractivity contribution in [1.82, 2.24) is 10.3 Å². The minimum atomic E-state index is -0.535. The standard InChI is InChI=1S/C19H18N2O5/c1-20-18(23)16-9-14(10-21-11-16)5-8-17(22)26-12-13-3-6-15(7-4-13)19(24)25-2/h3-11H,12H2,1-2H3,(H,20,23)/b8-5+. The Morgan fingerprint density at radius 3 is 2.50 bits per heavy atom. The van der Waals surface area contributed by atoms with Gasteiger partial charge in [0, 0.05) is 25.5 Å². The SMILES string of the molecule is CNC(=O)c1cncc(/C=C/C(=O)OCc2ccc(C(=O)OC)cc2)c1. The Hall–Kier alpha value is -3.48. The molecule has 1 N–H and O–H groups in total. The fourth-order valence-electron chi connectivity index (χ4n) is 2.04. The van der Waals surface area contributed by atoms with Crippen molar-refractivity contribution in [3.05, 3.63) is 71.1 Å². The molecule has 2 rings (SSSR count). The zero-order valence-electron chi connectivity index (χ0n) is 14.4. The van der Waals surface area contributed by atoms with Crippen LogP contribution in [0, 0.1) is 0 Å². The van der Waals surface area contributed by atoms with Crippen molar-refractivity contribution < 1.29 is 23.9 Å². The topological polar surface area (TPSA) is 94.6 Å². The highest BCUT2D eigenvalue weighted by atomic mass is 16.5. The van der Waals surface area contributed by atoms with Gasteiger partial charge in [-0.05, 0) is 35.4 Å². The number of esters is 2. The molecule has 2 aromatic rings. The van der Waals surface area contributed by atoms with Crippen molar-refractivity contribution in [3.8, 4) is 0 Å². The Kier molecular flexibility index (Phi) is 6.61. The first-order valence-corrected chi connectivity index (χ1v) is 7.72. The third-order valence-corrected chi connectivity index (χ3v) is 3.42. The van der Waals surface area contributed by atoms with Gasteiger partial charge in [0.1, 0.15) is 6.61 Å². The second-order valence-electron chi connectivity index (χ2n) is 5.22. The molecule has 0 aliphatic heterocycles. The number of pyridine rings is 1. The van der Waals surface area contributed by atoms with Crippen LogP contribution in [0.1, 0.15) is 31.8 Å². The van der Waals surface area contributed by atoms with E-state index in [1.165, 1.54) is 38.7 Å². The normalized spacial score (nSPS) is 10.4. The van der Waals surface area contributed by atoms with Gasteiger partial charge >= 0.3 is 11.9 Å². The number of carbonyl (C=O) groups is 3. The first-order valence-electron chi connectivity index (χ1n) is 7.72. The number of carbonyl (C=O) groups excluding carboxylic acids is 3. The molecule has 1 heterocycles. The Bertz CT molecular complexity index is 828. The first kappa shape index (κ1) is 18.9. The number of hydrogen-bond acceptors (Lipinski definition) is 6. The average Bonchev–Trinajstić information content (AvgIpc) is 2.70. The van der Waals surface area contributed by atoms with Crippen molar-refractivity contribution in [1.29, 1.82) is 0 Å². The molecule has 0 unspecified atom stereocenters. The lowest BCUT2D eigenvalue weighted by Crippen LogP contribution is -2.17. The number of nitrogens with zero attached hydrogens (tertiary/aromatic N) is 1. The van der Waals surface area contributed by atoms with E-state index in [9.17, 15) is 14.4 Å². The van der Waals surface area contributed by atoms with Crippen LogP contribution in [-0.4, -0.2) is 37.0 Å². The molecule has 26 heavy (non-hydrogen) atoms. The highest BCUT2D eigenvalue weighted by Gasteiger charge is 2.06. The maximum Gasteiger partial charge on any atom is 0.337 e. The monoisotopic (exact) mass is 354 g/mol. The molecule has 0 aliphatic carbocycles. The van der Waals surface area contributed by atoms with Crippen molar-refractivity contribution >= 4 is 23.9 Å². The van der Waals surface area contributed by atoms with Crippen LogP contribution in [0.25, 0.3) is 6.08 Å². The Balaban J connectivity index is 1.91. The molecule has 7 nitrogen and oxygen atoms in total. The quantitative estimate of drug-likeness (QED) is 0.630. The predicted octanol–water partition coefficient (Wildman–Crippen LogP) is 1.98. The summed E-state index contributed by atoms with van der Waals surface area (Å²) in [7, 11) is 2.84. The lowest BCUT2D eigenvalue weighted by Gasteiger charge is -2.04. The Morgan fingerprint density at radius 1 is 1.12 bits per heavy atom. The summed E-state index contributed by atoms with van der Waals surface area (Å²) in [5, 5.41) is 2.50. The van der Waals surface area contributed by atoms with Crippen LogP contribution in [0.15, 0.2) is 48.8 Å². The second kappa shape index (κ2) is 9.12. The third kappa shape index (κ3) is 5.27. The van der Waals surface area contributed by atoms with E-state index in [4.69, 9.17) is 4.74 Å². The number of ether oxygens (including phenoxy) is 2. The van der Waals surface area contributed by atoms with Gasteiger partial charge in [-0.15, -0.1) is 0 Å². The van der Waals surface area contributed by atoms with Crippen LogP contribution in [-0.2, 0) is 20.9 Å². The summed E-state index contributed by atoms with van der Waals surface area (Å²) in [6, 6.07) is 8.17. The number of aromatic nitrogens is 1. The highest BCUT2D eigenvalue weighted by molar-refractivity contribution is 5.94. The minimum Gasteiger partial charge on any atom is -0.465 e. The van der Waals surface area contributed by atoms with Crippen LogP contribution >= 0.6 is 0 Å². The lowest BCUT2D eigenvalue weighted by atomic mass is 10.1. The second-order valence-corrected chi connectivity index (χ2v) is 5.22. The summed E-state index contributed by atoms with van der Waals surface area (Å²) in [4.78, 5) is 38.7. The summed E-state index contributed by atoms with van der Waals surface area (Å²) in [5.41, 5.74) is 2.16. The molecule has 1 aromatic heterocycles. The molecule has 0 radical (unpaired) electrons. The fraction of sp³-hybridized carbons (Fsp3) is 0.158. The number of methoxy groups -OCH3 is 1. The maximum atomic E-state index is 11.8. The van der Waals surface area contributed by atoms with E-state index >= 15 is 0 Å². The number of hydrogen-bond donors (Lipinski definition) is 1. The maximum absolute atomic E-state index is 11.8.